The second-order valence-corrected chi connectivity index (χ2v) is 9.46. The first-order chi connectivity index (χ1) is 12.8. The van der Waals surface area contributed by atoms with Gasteiger partial charge in [0.2, 0.25) is 0 Å². The normalized spacial score (nSPS) is 29.4. The number of phenols is 1. The van der Waals surface area contributed by atoms with Gasteiger partial charge in [-0.2, -0.15) is 0 Å². The highest BCUT2D eigenvalue weighted by atomic mass is 16.6. The fraction of sp³-hybridized carbons (Fsp3) is 0.667. The Balaban J connectivity index is 2.45. The molecule has 0 bridgehead atoms. The first-order valence-electron chi connectivity index (χ1n) is 9.49. The van der Waals surface area contributed by atoms with E-state index in [1.165, 1.54) is 6.21 Å². The molecule has 0 aliphatic carbocycles. The van der Waals surface area contributed by atoms with Crippen molar-refractivity contribution >= 4 is 6.21 Å². The molecule has 158 valence electrons. The standard InChI is InChI=1S/C21H33NO6/c1-20(2,3)12-7-11(16(24)13(8-12)21(4,5)6)9-22-15-18(26)17(25)14(10-23)28-19(15)27/h7-9,14-15,17-19,23-27H,10H2,1-6H3/t14-,15-,17-,18-,19-/m1/s1. The minimum atomic E-state index is -1.48. The van der Waals surface area contributed by atoms with Crippen molar-refractivity contribution in [2.24, 2.45) is 4.99 Å². The van der Waals surface area contributed by atoms with Gasteiger partial charge in [0.15, 0.2) is 6.29 Å². The quantitative estimate of drug-likeness (QED) is 0.490. The van der Waals surface area contributed by atoms with Gasteiger partial charge in [-0.15, -0.1) is 0 Å². The third-order valence-corrected chi connectivity index (χ3v) is 5.07. The Labute approximate surface area is 166 Å². The van der Waals surface area contributed by atoms with Crippen LogP contribution in [0.3, 0.4) is 0 Å². The second kappa shape index (κ2) is 8.08. The fourth-order valence-corrected chi connectivity index (χ4v) is 3.17. The van der Waals surface area contributed by atoms with Crippen molar-refractivity contribution in [2.45, 2.75) is 83.0 Å². The first kappa shape index (κ1) is 22.8. The Morgan fingerprint density at radius 2 is 1.61 bits per heavy atom. The Kier molecular flexibility index (Phi) is 6.57. The summed E-state index contributed by atoms with van der Waals surface area (Å²) in [5, 5.41) is 50.3. The summed E-state index contributed by atoms with van der Waals surface area (Å²) in [6, 6.07) is 2.66. The van der Waals surface area contributed by atoms with Crippen LogP contribution in [0.5, 0.6) is 5.75 Å². The lowest BCUT2D eigenvalue weighted by molar-refractivity contribution is -0.248. The number of aliphatic hydroxyl groups excluding tert-OH is 4. The highest BCUT2D eigenvalue weighted by Crippen LogP contribution is 2.37. The van der Waals surface area contributed by atoms with Gasteiger partial charge >= 0.3 is 0 Å². The van der Waals surface area contributed by atoms with E-state index in [2.05, 4.69) is 25.8 Å². The van der Waals surface area contributed by atoms with Gasteiger partial charge in [-0.25, -0.2) is 0 Å². The van der Waals surface area contributed by atoms with Crippen LogP contribution in [0, 0.1) is 0 Å². The number of aromatic hydroxyl groups is 1. The topological polar surface area (TPSA) is 123 Å². The Morgan fingerprint density at radius 3 is 2.11 bits per heavy atom. The highest BCUT2D eigenvalue weighted by Gasteiger charge is 2.43. The molecule has 0 saturated carbocycles. The molecule has 5 N–H and O–H groups in total. The van der Waals surface area contributed by atoms with E-state index >= 15 is 0 Å². The van der Waals surface area contributed by atoms with Gasteiger partial charge in [0.1, 0.15) is 30.1 Å². The maximum Gasteiger partial charge on any atom is 0.180 e. The number of hydrogen-bond donors (Lipinski definition) is 5. The summed E-state index contributed by atoms with van der Waals surface area (Å²) in [6.45, 7) is 11.7. The van der Waals surface area contributed by atoms with Crippen LogP contribution in [0.1, 0.15) is 58.2 Å². The van der Waals surface area contributed by atoms with E-state index in [9.17, 15) is 20.4 Å². The molecular formula is C21H33NO6. The van der Waals surface area contributed by atoms with E-state index in [1.807, 2.05) is 32.9 Å². The molecule has 7 nitrogen and oxygen atoms in total. The number of aliphatic hydroxyl groups is 4. The van der Waals surface area contributed by atoms with Crippen LogP contribution in [0.25, 0.3) is 0 Å². The molecule has 0 unspecified atom stereocenters. The van der Waals surface area contributed by atoms with Crippen LogP contribution >= 0.6 is 0 Å². The van der Waals surface area contributed by atoms with Gasteiger partial charge in [-0.1, -0.05) is 47.6 Å². The second-order valence-electron chi connectivity index (χ2n) is 9.46. The summed E-state index contributed by atoms with van der Waals surface area (Å²) >= 11 is 0. The number of aliphatic imine (C=N–C) groups is 1. The maximum absolute atomic E-state index is 10.8. The molecule has 7 heteroatoms. The molecule has 28 heavy (non-hydrogen) atoms. The van der Waals surface area contributed by atoms with Gasteiger partial charge in [0.25, 0.3) is 0 Å². The molecule has 0 amide bonds. The molecule has 1 aromatic rings. The minimum Gasteiger partial charge on any atom is -0.507 e. The van der Waals surface area contributed by atoms with Gasteiger partial charge in [0.05, 0.1) is 6.61 Å². The fourth-order valence-electron chi connectivity index (χ4n) is 3.17. The lowest BCUT2D eigenvalue weighted by atomic mass is 9.79. The summed E-state index contributed by atoms with van der Waals surface area (Å²) in [4.78, 5) is 4.19. The number of benzene rings is 1. The number of phenolic OH excluding ortho intramolecular Hbond substituents is 1. The third-order valence-electron chi connectivity index (χ3n) is 5.07. The zero-order chi connectivity index (χ0) is 21.4. The molecule has 1 saturated heterocycles. The van der Waals surface area contributed by atoms with E-state index in [0.717, 1.165) is 11.1 Å². The molecule has 1 fully saturated rings. The van der Waals surface area contributed by atoms with E-state index < -0.39 is 37.3 Å². The smallest absolute Gasteiger partial charge is 0.180 e. The van der Waals surface area contributed by atoms with Crippen LogP contribution in [-0.4, -0.2) is 69.0 Å². The number of ether oxygens (including phenoxy) is 1. The average molecular weight is 395 g/mol. The summed E-state index contributed by atoms with van der Waals surface area (Å²) < 4.78 is 5.12. The van der Waals surface area contributed by atoms with Gasteiger partial charge in [-0.05, 0) is 22.5 Å². The zero-order valence-electron chi connectivity index (χ0n) is 17.4. The predicted molar refractivity (Wildman–Crippen MR) is 107 cm³/mol. The van der Waals surface area contributed by atoms with Crippen molar-refractivity contribution in [1.29, 1.82) is 0 Å². The van der Waals surface area contributed by atoms with Crippen molar-refractivity contribution in [1.82, 2.24) is 0 Å². The van der Waals surface area contributed by atoms with Crippen LogP contribution in [-0.2, 0) is 15.6 Å². The molecule has 0 spiro atoms. The van der Waals surface area contributed by atoms with Gasteiger partial charge in [-0.3, -0.25) is 4.99 Å². The van der Waals surface area contributed by atoms with Crippen LogP contribution in [0.4, 0.5) is 0 Å². The third kappa shape index (κ3) is 4.72. The van der Waals surface area contributed by atoms with E-state index in [1.54, 1.807) is 0 Å². The number of hydrogen-bond acceptors (Lipinski definition) is 7. The molecule has 0 aromatic heterocycles. The van der Waals surface area contributed by atoms with Crippen molar-refractivity contribution in [3.63, 3.8) is 0 Å². The SMILES string of the molecule is CC(C)(C)c1cc(C=N[C@@H]2[C@@H](O)[C@H](O)[C@@H](CO)O[C@H]2O)c(O)c(C(C)(C)C)c1. The Morgan fingerprint density at radius 1 is 1.00 bits per heavy atom. The average Bonchev–Trinajstić information content (AvgIpc) is 2.57. The molecule has 1 aliphatic heterocycles. The first-order valence-corrected chi connectivity index (χ1v) is 9.49. The number of rotatable bonds is 3. The van der Waals surface area contributed by atoms with E-state index in [0.29, 0.717) is 5.56 Å². The molecular weight excluding hydrogens is 362 g/mol. The lowest BCUT2D eigenvalue weighted by Crippen LogP contribution is -2.57. The maximum atomic E-state index is 10.8. The lowest BCUT2D eigenvalue weighted by Gasteiger charge is -2.38. The molecule has 1 heterocycles. The molecule has 0 radical (unpaired) electrons. The van der Waals surface area contributed by atoms with Crippen LogP contribution in [0.2, 0.25) is 0 Å². The Hall–Kier alpha value is -1.51. The number of nitrogens with zero attached hydrogens (tertiary/aromatic N) is 1. The van der Waals surface area contributed by atoms with E-state index in [4.69, 9.17) is 9.84 Å². The largest absolute Gasteiger partial charge is 0.507 e. The van der Waals surface area contributed by atoms with Crippen molar-refractivity contribution < 1.29 is 30.3 Å². The highest BCUT2D eigenvalue weighted by molar-refractivity contribution is 5.85. The summed E-state index contributed by atoms with van der Waals surface area (Å²) in [6.07, 6.45) is -3.97. The van der Waals surface area contributed by atoms with Crippen molar-refractivity contribution in [2.75, 3.05) is 6.61 Å². The van der Waals surface area contributed by atoms with Gasteiger partial charge in [0, 0.05) is 17.3 Å². The Bertz CT molecular complexity index is 719. The van der Waals surface area contributed by atoms with Crippen LogP contribution < -0.4 is 0 Å². The van der Waals surface area contributed by atoms with Crippen molar-refractivity contribution in [3.05, 3.63) is 28.8 Å². The zero-order valence-corrected chi connectivity index (χ0v) is 17.4. The monoisotopic (exact) mass is 395 g/mol. The van der Waals surface area contributed by atoms with E-state index in [-0.39, 0.29) is 16.6 Å². The summed E-state index contributed by atoms with van der Waals surface area (Å²) in [7, 11) is 0. The molecule has 1 aromatic carbocycles. The molecule has 1 aliphatic rings. The van der Waals surface area contributed by atoms with Crippen molar-refractivity contribution in [3.8, 4) is 5.75 Å². The van der Waals surface area contributed by atoms with Gasteiger partial charge < -0.3 is 30.3 Å². The summed E-state index contributed by atoms with van der Waals surface area (Å²) in [5.74, 6) is 0.0822. The minimum absolute atomic E-state index is 0.0822. The summed E-state index contributed by atoms with van der Waals surface area (Å²) in [5.41, 5.74) is 1.77. The molecule has 2 rings (SSSR count). The molecule has 5 atom stereocenters. The van der Waals surface area contributed by atoms with Crippen LogP contribution in [0.15, 0.2) is 17.1 Å². The predicted octanol–water partition coefficient (Wildman–Crippen LogP) is 1.21.